The lowest BCUT2D eigenvalue weighted by Crippen LogP contribution is -2.33. The summed E-state index contributed by atoms with van der Waals surface area (Å²) in [7, 11) is -2.03. The van der Waals surface area contributed by atoms with Gasteiger partial charge in [0.15, 0.2) is 0 Å². The Balaban J connectivity index is 1.97. The van der Waals surface area contributed by atoms with Crippen molar-refractivity contribution >= 4 is 10.0 Å². The van der Waals surface area contributed by atoms with Gasteiger partial charge in [0.2, 0.25) is 10.0 Å². The van der Waals surface area contributed by atoms with Crippen molar-refractivity contribution in [3.63, 3.8) is 0 Å². The predicted molar refractivity (Wildman–Crippen MR) is 83.5 cm³/mol. The van der Waals surface area contributed by atoms with Crippen LogP contribution in [-0.2, 0) is 16.4 Å². The van der Waals surface area contributed by atoms with E-state index in [1.165, 1.54) is 34.1 Å². The highest BCUT2D eigenvalue weighted by Crippen LogP contribution is 2.36. The Bertz CT molecular complexity index is 772. The lowest BCUT2D eigenvalue weighted by atomic mass is 9.88. The highest BCUT2D eigenvalue weighted by Gasteiger charge is 2.31. The van der Waals surface area contributed by atoms with Crippen LogP contribution >= 0.6 is 0 Å². The first-order valence-corrected chi connectivity index (χ1v) is 8.75. The van der Waals surface area contributed by atoms with Gasteiger partial charge in [0, 0.05) is 13.1 Å². The molecule has 0 spiro atoms. The second-order valence-electron chi connectivity index (χ2n) is 5.58. The molecule has 0 aromatic heterocycles. The molecule has 1 atom stereocenters. The topological polar surface area (TPSA) is 37.4 Å². The van der Waals surface area contributed by atoms with Crippen molar-refractivity contribution < 1.29 is 12.8 Å². The Kier molecular flexibility index (Phi) is 4.02. The van der Waals surface area contributed by atoms with Crippen molar-refractivity contribution in [1.82, 2.24) is 4.31 Å². The molecule has 116 valence electrons. The minimum Gasteiger partial charge on any atom is -0.207 e. The van der Waals surface area contributed by atoms with Gasteiger partial charge in [-0.3, -0.25) is 0 Å². The van der Waals surface area contributed by atoms with Crippen LogP contribution in [0.1, 0.15) is 30.0 Å². The molecule has 0 saturated carbocycles. The number of benzene rings is 2. The lowest BCUT2D eigenvalue weighted by Gasteiger charge is -2.32. The number of nitrogens with zero attached hydrogens (tertiary/aromatic N) is 1. The average Bonchev–Trinajstić information content (AvgIpc) is 2.54. The van der Waals surface area contributed by atoms with Gasteiger partial charge in [0.05, 0.1) is 4.90 Å². The van der Waals surface area contributed by atoms with Gasteiger partial charge in [-0.05, 0) is 54.7 Å². The third kappa shape index (κ3) is 2.66. The zero-order valence-corrected chi connectivity index (χ0v) is 13.2. The Labute approximate surface area is 130 Å². The summed E-state index contributed by atoms with van der Waals surface area (Å²) in [5.74, 6) is -0.440. The van der Waals surface area contributed by atoms with Crippen molar-refractivity contribution in [3.8, 4) is 0 Å². The second-order valence-corrected chi connectivity index (χ2v) is 7.58. The van der Waals surface area contributed by atoms with Gasteiger partial charge < -0.3 is 0 Å². The van der Waals surface area contributed by atoms with Crippen LogP contribution in [-0.4, -0.2) is 19.8 Å². The molecule has 0 radical (unpaired) electrons. The summed E-state index contributed by atoms with van der Waals surface area (Å²) in [6.45, 7) is 0. The number of rotatable bonds is 3. The molecule has 3 nitrogen and oxygen atoms in total. The zero-order chi connectivity index (χ0) is 15.7. The smallest absolute Gasteiger partial charge is 0.207 e. The molecular weight excluding hydrogens is 301 g/mol. The molecule has 3 rings (SSSR count). The molecule has 0 unspecified atom stereocenters. The summed E-state index contributed by atoms with van der Waals surface area (Å²) in [5.41, 5.74) is 2.28. The fraction of sp³-hybridized carbons (Fsp3) is 0.294. The van der Waals surface area contributed by atoms with E-state index in [-0.39, 0.29) is 10.9 Å². The Morgan fingerprint density at radius 1 is 1.09 bits per heavy atom. The highest BCUT2D eigenvalue weighted by molar-refractivity contribution is 7.89. The van der Waals surface area contributed by atoms with Crippen LogP contribution in [0.5, 0.6) is 0 Å². The molecule has 2 aromatic carbocycles. The maximum Gasteiger partial charge on any atom is 0.243 e. The first-order valence-electron chi connectivity index (χ1n) is 7.31. The Morgan fingerprint density at radius 3 is 2.50 bits per heavy atom. The number of sulfonamides is 1. The number of fused-ring (bicyclic) bond motifs is 1. The molecule has 0 aliphatic heterocycles. The van der Waals surface area contributed by atoms with Gasteiger partial charge in [-0.1, -0.05) is 24.3 Å². The van der Waals surface area contributed by atoms with Crippen LogP contribution in [0.15, 0.2) is 53.4 Å². The summed E-state index contributed by atoms with van der Waals surface area (Å²) in [6.07, 6.45) is 2.75. The third-order valence-corrected chi connectivity index (χ3v) is 6.15. The van der Waals surface area contributed by atoms with E-state index in [4.69, 9.17) is 0 Å². The molecule has 0 N–H and O–H groups in total. The van der Waals surface area contributed by atoms with E-state index in [2.05, 4.69) is 6.07 Å². The highest BCUT2D eigenvalue weighted by atomic mass is 32.2. The number of aryl methyl sites for hydroxylation is 1. The molecule has 0 fully saturated rings. The van der Waals surface area contributed by atoms with Gasteiger partial charge >= 0.3 is 0 Å². The fourth-order valence-electron chi connectivity index (χ4n) is 3.05. The first kappa shape index (κ1) is 15.2. The van der Waals surface area contributed by atoms with Gasteiger partial charge in [0.1, 0.15) is 5.82 Å². The Hall–Kier alpha value is -1.72. The molecule has 0 heterocycles. The van der Waals surface area contributed by atoms with E-state index in [0.29, 0.717) is 0 Å². The summed E-state index contributed by atoms with van der Waals surface area (Å²) < 4.78 is 39.9. The zero-order valence-electron chi connectivity index (χ0n) is 12.4. The molecule has 0 bridgehead atoms. The van der Waals surface area contributed by atoms with Crippen molar-refractivity contribution in [2.45, 2.75) is 30.2 Å². The minimum atomic E-state index is -3.63. The van der Waals surface area contributed by atoms with Crippen molar-refractivity contribution in [3.05, 3.63) is 65.5 Å². The monoisotopic (exact) mass is 319 g/mol. The number of hydrogen-bond donors (Lipinski definition) is 0. The van der Waals surface area contributed by atoms with Gasteiger partial charge in [-0.15, -0.1) is 0 Å². The Morgan fingerprint density at radius 2 is 1.77 bits per heavy atom. The molecule has 22 heavy (non-hydrogen) atoms. The molecule has 1 aliphatic rings. The van der Waals surface area contributed by atoms with E-state index in [9.17, 15) is 12.8 Å². The van der Waals surface area contributed by atoms with Crippen molar-refractivity contribution in [2.24, 2.45) is 0 Å². The quantitative estimate of drug-likeness (QED) is 0.868. The van der Waals surface area contributed by atoms with Gasteiger partial charge in [-0.25, -0.2) is 12.8 Å². The van der Waals surface area contributed by atoms with Crippen LogP contribution in [0.2, 0.25) is 0 Å². The van der Waals surface area contributed by atoms with E-state index in [0.717, 1.165) is 24.8 Å². The maximum atomic E-state index is 13.0. The fourth-order valence-corrected chi connectivity index (χ4v) is 4.41. The largest absolute Gasteiger partial charge is 0.243 e. The summed E-state index contributed by atoms with van der Waals surface area (Å²) in [6, 6.07) is 12.8. The summed E-state index contributed by atoms with van der Waals surface area (Å²) in [4.78, 5) is 0.124. The first-order chi connectivity index (χ1) is 10.5. The van der Waals surface area contributed by atoms with Crippen LogP contribution in [0.4, 0.5) is 4.39 Å². The minimum absolute atomic E-state index is 0.124. The van der Waals surface area contributed by atoms with Crippen LogP contribution < -0.4 is 0 Å². The van der Waals surface area contributed by atoms with Crippen molar-refractivity contribution in [2.75, 3.05) is 7.05 Å². The van der Waals surface area contributed by atoms with E-state index >= 15 is 0 Å². The van der Waals surface area contributed by atoms with E-state index in [1.807, 2.05) is 18.2 Å². The van der Waals surface area contributed by atoms with Crippen molar-refractivity contribution in [1.29, 1.82) is 0 Å². The standard InChI is InChI=1S/C17H18FNO2S/c1-19(22(20,21)15-11-9-14(18)10-12-15)17-8-4-6-13-5-2-3-7-16(13)17/h2-3,5,7,9-12,17H,4,6,8H2,1H3/t17-/m0/s1. The summed E-state index contributed by atoms with van der Waals surface area (Å²) in [5, 5.41) is 0. The van der Waals surface area contributed by atoms with E-state index in [1.54, 1.807) is 7.05 Å². The molecular formula is C17H18FNO2S. The lowest BCUT2D eigenvalue weighted by molar-refractivity contribution is 0.337. The predicted octanol–water partition coefficient (Wildman–Crippen LogP) is 3.52. The van der Waals surface area contributed by atoms with Crippen LogP contribution in [0.3, 0.4) is 0 Å². The maximum absolute atomic E-state index is 13.0. The third-order valence-electron chi connectivity index (χ3n) is 4.27. The van der Waals surface area contributed by atoms with Gasteiger partial charge in [0.25, 0.3) is 0 Å². The molecule has 0 amide bonds. The second kappa shape index (κ2) is 5.82. The normalized spacial score (nSPS) is 18.2. The van der Waals surface area contributed by atoms with Crippen LogP contribution in [0.25, 0.3) is 0 Å². The summed E-state index contributed by atoms with van der Waals surface area (Å²) >= 11 is 0. The molecule has 0 saturated heterocycles. The van der Waals surface area contributed by atoms with Gasteiger partial charge in [-0.2, -0.15) is 4.31 Å². The number of halogens is 1. The average molecular weight is 319 g/mol. The molecule has 5 heteroatoms. The van der Waals surface area contributed by atoms with Crippen LogP contribution in [0, 0.1) is 5.82 Å². The SMILES string of the molecule is CN([C@H]1CCCc2ccccc21)S(=O)(=O)c1ccc(F)cc1. The van der Waals surface area contributed by atoms with E-state index < -0.39 is 15.8 Å². The molecule has 2 aromatic rings. The number of hydrogen-bond acceptors (Lipinski definition) is 2. The molecule has 1 aliphatic carbocycles.